The second-order valence-electron chi connectivity index (χ2n) is 6.61. The van der Waals surface area contributed by atoms with Crippen LogP contribution in [0.4, 0.5) is 5.69 Å². The molecule has 0 bridgehead atoms. The van der Waals surface area contributed by atoms with Crippen LogP contribution in [0.25, 0.3) is 0 Å². The highest BCUT2D eigenvalue weighted by molar-refractivity contribution is 5.97. The van der Waals surface area contributed by atoms with Crippen LogP contribution in [-0.4, -0.2) is 29.8 Å². The van der Waals surface area contributed by atoms with Gasteiger partial charge in [-0.05, 0) is 49.9 Å². The molecule has 0 saturated carbocycles. The van der Waals surface area contributed by atoms with Gasteiger partial charge in [0.1, 0.15) is 0 Å². The van der Waals surface area contributed by atoms with Crippen LogP contribution in [0.5, 0.6) is 0 Å². The van der Waals surface area contributed by atoms with Gasteiger partial charge in [0.05, 0.1) is 0 Å². The minimum Gasteiger partial charge on any atom is -0.339 e. The molecule has 4 heteroatoms. The number of hydrogen-bond acceptors (Lipinski definition) is 2. The van der Waals surface area contributed by atoms with E-state index in [1.807, 2.05) is 30.0 Å². The van der Waals surface area contributed by atoms with Gasteiger partial charge in [0.25, 0.3) is 5.91 Å². The van der Waals surface area contributed by atoms with Gasteiger partial charge in [-0.15, -0.1) is 0 Å². The molecular weight excluding hydrogens is 312 g/mol. The van der Waals surface area contributed by atoms with E-state index in [0.29, 0.717) is 24.1 Å². The quantitative estimate of drug-likeness (QED) is 0.903. The normalized spacial score (nSPS) is 13.7. The zero-order valence-electron chi connectivity index (χ0n) is 14.6. The fraction of sp³-hybridized carbons (Fsp3) is 0.333. The first-order valence-corrected chi connectivity index (χ1v) is 8.86. The van der Waals surface area contributed by atoms with Gasteiger partial charge >= 0.3 is 0 Å². The molecule has 0 aliphatic carbocycles. The van der Waals surface area contributed by atoms with Crippen LogP contribution < -0.4 is 5.32 Å². The van der Waals surface area contributed by atoms with E-state index in [1.165, 1.54) is 5.56 Å². The van der Waals surface area contributed by atoms with E-state index in [-0.39, 0.29) is 11.8 Å². The number of hydrogen-bond donors (Lipinski definition) is 1. The Labute approximate surface area is 148 Å². The first-order valence-electron chi connectivity index (χ1n) is 8.86. The molecule has 2 amide bonds. The fourth-order valence-corrected chi connectivity index (χ4v) is 3.07. The van der Waals surface area contributed by atoms with Crippen molar-refractivity contribution in [2.24, 2.45) is 0 Å². The smallest absolute Gasteiger partial charge is 0.253 e. The highest BCUT2D eigenvalue weighted by Crippen LogP contribution is 2.17. The average Bonchev–Trinajstić information content (AvgIpc) is 3.15. The van der Waals surface area contributed by atoms with Gasteiger partial charge in [0, 0.05) is 30.8 Å². The lowest BCUT2D eigenvalue weighted by Gasteiger charge is -2.15. The minimum absolute atomic E-state index is 0.0358. The van der Waals surface area contributed by atoms with E-state index in [0.717, 1.165) is 31.5 Å². The molecule has 0 spiro atoms. The minimum atomic E-state index is -0.0358. The van der Waals surface area contributed by atoms with Gasteiger partial charge in [-0.2, -0.15) is 0 Å². The van der Waals surface area contributed by atoms with Gasteiger partial charge in [-0.1, -0.05) is 35.9 Å². The molecule has 4 nitrogen and oxygen atoms in total. The zero-order chi connectivity index (χ0) is 17.6. The standard InChI is InChI=1S/C21H24N2O2/c1-16-7-9-17(10-8-16)11-12-20(24)22-19-6-4-5-18(15-19)21(25)23-13-2-3-14-23/h4-10,15H,2-3,11-14H2,1H3,(H,22,24). The van der Waals surface area contributed by atoms with Gasteiger partial charge in [-0.3, -0.25) is 9.59 Å². The Kier molecular flexibility index (Phi) is 5.49. The summed E-state index contributed by atoms with van der Waals surface area (Å²) in [4.78, 5) is 26.5. The molecule has 2 aromatic rings. The molecule has 1 heterocycles. The molecule has 0 atom stereocenters. The molecule has 0 unspecified atom stereocenters. The van der Waals surface area contributed by atoms with Crippen LogP contribution in [0.2, 0.25) is 0 Å². The van der Waals surface area contributed by atoms with Crippen molar-refractivity contribution in [1.29, 1.82) is 0 Å². The summed E-state index contributed by atoms with van der Waals surface area (Å²) >= 11 is 0. The number of likely N-dealkylation sites (tertiary alicyclic amines) is 1. The second kappa shape index (κ2) is 7.97. The van der Waals surface area contributed by atoms with E-state index >= 15 is 0 Å². The largest absolute Gasteiger partial charge is 0.339 e. The maximum atomic E-state index is 12.4. The van der Waals surface area contributed by atoms with Crippen LogP contribution in [0.15, 0.2) is 48.5 Å². The number of aryl methyl sites for hydroxylation is 2. The Hall–Kier alpha value is -2.62. The number of carbonyl (C=O) groups is 2. The third-order valence-corrected chi connectivity index (χ3v) is 4.55. The molecule has 0 radical (unpaired) electrons. The predicted octanol–water partition coefficient (Wildman–Crippen LogP) is 3.80. The summed E-state index contributed by atoms with van der Waals surface area (Å²) in [7, 11) is 0. The number of nitrogens with zero attached hydrogens (tertiary/aromatic N) is 1. The summed E-state index contributed by atoms with van der Waals surface area (Å²) in [6, 6.07) is 15.4. The summed E-state index contributed by atoms with van der Waals surface area (Å²) in [5.41, 5.74) is 3.68. The van der Waals surface area contributed by atoms with Crippen LogP contribution >= 0.6 is 0 Å². The molecule has 130 valence electrons. The lowest BCUT2D eigenvalue weighted by atomic mass is 10.1. The van der Waals surface area contributed by atoms with Crippen molar-refractivity contribution < 1.29 is 9.59 Å². The molecule has 1 aliphatic rings. The Bertz CT molecular complexity index is 747. The first kappa shape index (κ1) is 17.2. The van der Waals surface area contributed by atoms with Crippen LogP contribution in [0, 0.1) is 6.92 Å². The zero-order valence-corrected chi connectivity index (χ0v) is 14.6. The monoisotopic (exact) mass is 336 g/mol. The lowest BCUT2D eigenvalue weighted by molar-refractivity contribution is -0.116. The van der Waals surface area contributed by atoms with Crippen molar-refractivity contribution in [1.82, 2.24) is 4.90 Å². The molecule has 1 N–H and O–H groups in total. The molecule has 3 rings (SSSR count). The van der Waals surface area contributed by atoms with Crippen molar-refractivity contribution in [2.75, 3.05) is 18.4 Å². The number of amides is 2. The SMILES string of the molecule is Cc1ccc(CCC(=O)Nc2cccc(C(=O)N3CCCC3)c2)cc1. The number of rotatable bonds is 5. The maximum Gasteiger partial charge on any atom is 0.253 e. The Balaban J connectivity index is 1.56. The summed E-state index contributed by atoms with van der Waals surface area (Å²) in [6.07, 6.45) is 3.27. The van der Waals surface area contributed by atoms with E-state index in [2.05, 4.69) is 29.6 Å². The summed E-state index contributed by atoms with van der Waals surface area (Å²) in [6.45, 7) is 3.70. The summed E-state index contributed by atoms with van der Waals surface area (Å²) < 4.78 is 0. The van der Waals surface area contributed by atoms with Crippen LogP contribution in [0.1, 0.15) is 40.7 Å². The summed E-state index contributed by atoms with van der Waals surface area (Å²) in [5, 5.41) is 2.90. The molecule has 1 saturated heterocycles. The van der Waals surface area contributed by atoms with Crippen molar-refractivity contribution in [2.45, 2.75) is 32.6 Å². The third-order valence-electron chi connectivity index (χ3n) is 4.55. The Morgan fingerprint density at radius 3 is 2.48 bits per heavy atom. The number of nitrogens with one attached hydrogen (secondary N) is 1. The predicted molar refractivity (Wildman–Crippen MR) is 99.7 cm³/mol. The summed E-state index contributed by atoms with van der Waals surface area (Å²) in [5.74, 6) is 0.0135. The van der Waals surface area contributed by atoms with E-state index in [9.17, 15) is 9.59 Å². The molecule has 25 heavy (non-hydrogen) atoms. The van der Waals surface area contributed by atoms with Crippen molar-refractivity contribution >= 4 is 17.5 Å². The lowest BCUT2D eigenvalue weighted by Crippen LogP contribution is -2.27. The topological polar surface area (TPSA) is 49.4 Å². The van der Waals surface area contributed by atoms with Crippen LogP contribution in [-0.2, 0) is 11.2 Å². The van der Waals surface area contributed by atoms with E-state index in [1.54, 1.807) is 6.07 Å². The first-order chi connectivity index (χ1) is 12.1. The highest BCUT2D eigenvalue weighted by atomic mass is 16.2. The average molecular weight is 336 g/mol. The molecule has 1 fully saturated rings. The van der Waals surface area contributed by atoms with Crippen molar-refractivity contribution in [3.63, 3.8) is 0 Å². The number of benzene rings is 2. The van der Waals surface area contributed by atoms with E-state index in [4.69, 9.17) is 0 Å². The third kappa shape index (κ3) is 4.69. The highest BCUT2D eigenvalue weighted by Gasteiger charge is 2.19. The van der Waals surface area contributed by atoms with Crippen molar-refractivity contribution in [3.05, 3.63) is 65.2 Å². The number of carbonyl (C=O) groups excluding carboxylic acids is 2. The van der Waals surface area contributed by atoms with Gasteiger partial charge < -0.3 is 10.2 Å². The molecule has 0 aromatic heterocycles. The molecule has 1 aliphatic heterocycles. The molecular formula is C21H24N2O2. The Morgan fingerprint density at radius 1 is 1.04 bits per heavy atom. The van der Waals surface area contributed by atoms with Gasteiger partial charge in [0.2, 0.25) is 5.91 Å². The number of anilines is 1. The Morgan fingerprint density at radius 2 is 1.76 bits per heavy atom. The second-order valence-corrected chi connectivity index (χ2v) is 6.61. The van der Waals surface area contributed by atoms with Gasteiger partial charge in [-0.25, -0.2) is 0 Å². The van der Waals surface area contributed by atoms with Crippen molar-refractivity contribution in [3.8, 4) is 0 Å². The van der Waals surface area contributed by atoms with Gasteiger partial charge in [0.15, 0.2) is 0 Å². The molecule has 2 aromatic carbocycles. The maximum absolute atomic E-state index is 12.4. The van der Waals surface area contributed by atoms with E-state index < -0.39 is 0 Å². The van der Waals surface area contributed by atoms with Crippen LogP contribution in [0.3, 0.4) is 0 Å². The fourth-order valence-electron chi connectivity index (χ4n) is 3.07.